The second-order valence-corrected chi connectivity index (χ2v) is 2.89. The minimum absolute atomic E-state index is 0.225. The second-order valence-electron chi connectivity index (χ2n) is 2.89. The lowest BCUT2D eigenvalue weighted by Crippen LogP contribution is -2.35. The Hall–Kier alpha value is -1.36. The molecule has 0 radical (unpaired) electrons. The van der Waals surface area contributed by atoms with Crippen LogP contribution in [0.25, 0.3) is 0 Å². The molecule has 14 heavy (non-hydrogen) atoms. The number of hydrogen-bond acceptors (Lipinski definition) is 4. The number of ether oxygens (including phenoxy) is 1. The lowest BCUT2D eigenvalue weighted by atomic mass is 10.1. The van der Waals surface area contributed by atoms with Crippen LogP contribution >= 0.6 is 0 Å². The van der Waals surface area contributed by atoms with Gasteiger partial charge in [0, 0.05) is 18.2 Å². The molecule has 0 aliphatic rings. The summed E-state index contributed by atoms with van der Waals surface area (Å²) in [6.07, 6.45) is 1.87. The Labute approximate surface area is 82.5 Å². The first-order valence-electron chi connectivity index (χ1n) is 4.34. The van der Waals surface area contributed by atoms with Crippen LogP contribution in [0.2, 0.25) is 0 Å². The van der Waals surface area contributed by atoms with Crippen molar-refractivity contribution >= 4 is 11.9 Å². The molecular weight excluding hydrogens is 186 g/mol. The number of carbonyl (C=O) groups excluding carboxylic acids is 1. The molecule has 0 rings (SSSR count). The summed E-state index contributed by atoms with van der Waals surface area (Å²) >= 11 is 0. The van der Waals surface area contributed by atoms with Gasteiger partial charge in [-0.15, -0.1) is 0 Å². The summed E-state index contributed by atoms with van der Waals surface area (Å²) in [6.45, 7) is 3.54. The van der Waals surface area contributed by atoms with Gasteiger partial charge in [0.2, 0.25) is 0 Å². The van der Waals surface area contributed by atoms with Gasteiger partial charge in [0.25, 0.3) is 0 Å². The molecule has 0 aliphatic carbocycles. The van der Waals surface area contributed by atoms with Crippen LogP contribution in [0.3, 0.4) is 0 Å². The van der Waals surface area contributed by atoms with Crippen molar-refractivity contribution in [2.75, 3.05) is 0 Å². The fraction of sp³-hybridized carbons (Fsp3) is 0.556. The first kappa shape index (κ1) is 12.6. The third-order valence-corrected chi connectivity index (χ3v) is 1.74. The van der Waals surface area contributed by atoms with Crippen LogP contribution < -0.4 is 5.73 Å². The molecule has 0 aromatic heterocycles. The highest BCUT2D eigenvalue weighted by molar-refractivity contribution is 5.90. The average molecular weight is 201 g/mol. The highest BCUT2D eigenvalue weighted by atomic mass is 16.5. The van der Waals surface area contributed by atoms with Gasteiger partial charge in [-0.2, -0.15) is 0 Å². The molecule has 5 nitrogen and oxygen atoms in total. The molecule has 80 valence electrons. The number of nitrogens with two attached hydrogens (primary N) is 1. The molecule has 0 amide bonds. The van der Waals surface area contributed by atoms with E-state index in [1.165, 1.54) is 0 Å². The van der Waals surface area contributed by atoms with Gasteiger partial charge < -0.3 is 15.6 Å². The zero-order valence-corrected chi connectivity index (χ0v) is 8.27. The van der Waals surface area contributed by atoms with E-state index in [4.69, 9.17) is 15.6 Å². The molecule has 2 atom stereocenters. The Morgan fingerprint density at radius 2 is 2.07 bits per heavy atom. The van der Waals surface area contributed by atoms with Crippen molar-refractivity contribution in [1.82, 2.24) is 0 Å². The van der Waals surface area contributed by atoms with E-state index in [0.29, 0.717) is 6.42 Å². The lowest BCUT2D eigenvalue weighted by Gasteiger charge is -2.17. The molecule has 0 aliphatic heterocycles. The third-order valence-electron chi connectivity index (χ3n) is 1.74. The number of esters is 1. The van der Waals surface area contributed by atoms with Gasteiger partial charge in [0.15, 0.2) is 0 Å². The van der Waals surface area contributed by atoms with Crippen LogP contribution in [0.4, 0.5) is 0 Å². The summed E-state index contributed by atoms with van der Waals surface area (Å²) in [6, 6.07) is -0.225. The number of aliphatic carboxylic acids is 1. The van der Waals surface area contributed by atoms with E-state index >= 15 is 0 Å². The molecule has 0 saturated carbocycles. The maximum Gasteiger partial charge on any atom is 0.331 e. The van der Waals surface area contributed by atoms with Crippen molar-refractivity contribution in [3.8, 4) is 0 Å². The summed E-state index contributed by atoms with van der Waals surface area (Å²) in [7, 11) is 0. The van der Waals surface area contributed by atoms with E-state index in [0.717, 1.165) is 12.2 Å². The maximum atomic E-state index is 11.0. The average Bonchev–Trinajstić information content (AvgIpc) is 2.13. The smallest absolute Gasteiger partial charge is 0.331 e. The zero-order valence-electron chi connectivity index (χ0n) is 8.27. The molecule has 0 spiro atoms. The Balaban J connectivity index is 4.00. The zero-order chi connectivity index (χ0) is 11.1. The lowest BCUT2D eigenvalue weighted by molar-refractivity contribution is -0.143. The highest BCUT2D eigenvalue weighted by Crippen LogP contribution is 2.00. The van der Waals surface area contributed by atoms with Crippen LogP contribution in [-0.2, 0) is 14.3 Å². The fourth-order valence-electron chi connectivity index (χ4n) is 0.781. The van der Waals surface area contributed by atoms with Crippen molar-refractivity contribution in [2.45, 2.75) is 32.4 Å². The van der Waals surface area contributed by atoms with Gasteiger partial charge in [0.1, 0.15) is 6.10 Å². The fourth-order valence-corrected chi connectivity index (χ4v) is 0.781. The van der Waals surface area contributed by atoms with Crippen molar-refractivity contribution in [3.05, 3.63) is 12.2 Å². The van der Waals surface area contributed by atoms with Crippen LogP contribution in [0.15, 0.2) is 12.2 Å². The van der Waals surface area contributed by atoms with Gasteiger partial charge >= 0.3 is 11.9 Å². The van der Waals surface area contributed by atoms with Crippen LogP contribution in [0, 0.1) is 0 Å². The molecule has 0 aromatic carbocycles. The van der Waals surface area contributed by atoms with Crippen LogP contribution in [-0.4, -0.2) is 29.2 Å². The predicted molar refractivity (Wildman–Crippen MR) is 50.6 cm³/mol. The normalized spacial score (nSPS) is 15.1. The molecule has 2 unspecified atom stereocenters. The molecular formula is C9H15NO4. The molecule has 5 heteroatoms. The Morgan fingerprint density at radius 1 is 1.50 bits per heavy atom. The maximum absolute atomic E-state index is 11.0. The summed E-state index contributed by atoms with van der Waals surface area (Å²) in [5.41, 5.74) is 5.60. The number of carboxylic acid groups (broad SMARTS) is 1. The van der Waals surface area contributed by atoms with Gasteiger partial charge in [-0.25, -0.2) is 9.59 Å². The van der Waals surface area contributed by atoms with Gasteiger partial charge in [-0.05, 0) is 13.3 Å². The van der Waals surface area contributed by atoms with E-state index in [2.05, 4.69) is 0 Å². The summed E-state index contributed by atoms with van der Waals surface area (Å²) in [5, 5.41) is 8.23. The van der Waals surface area contributed by atoms with E-state index < -0.39 is 18.0 Å². The predicted octanol–water partition coefficient (Wildman–Crippen LogP) is 0.296. The summed E-state index contributed by atoms with van der Waals surface area (Å²) in [4.78, 5) is 21.0. The largest absolute Gasteiger partial charge is 0.478 e. The Kier molecular flexibility index (Phi) is 5.55. The van der Waals surface area contributed by atoms with Crippen molar-refractivity contribution in [3.63, 3.8) is 0 Å². The van der Waals surface area contributed by atoms with Crippen molar-refractivity contribution in [2.24, 2.45) is 5.73 Å². The van der Waals surface area contributed by atoms with E-state index in [-0.39, 0.29) is 6.04 Å². The van der Waals surface area contributed by atoms with Crippen LogP contribution in [0.1, 0.15) is 20.3 Å². The molecule has 0 fully saturated rings. The molecule has 0 heterocycles. The number of carbonyl (C=O) groups is 2. The quantitative estimate of drug-likeness (QED) is 0.493. The van der Waals surface area contributed by atoms with Gasteiger partial charge in [0.05, 0.1) is 0 Å². The van der Waals surface area contributed by atoms with E-state index in [9.17, 15) is 9.59 Å². The summed E-state index contributed by atoms with van der Waals surface area (Å²) in [5.74, 6) is -1.88. The number of rotatable bonds is 5. The molecule has 0 aromatic rings. The number of carboxylic acids is 1. The number of hydrogen-bond donors (Lipinski definition) is 2. The monoisotopic (exact) mass is 201 g/mol. The SMILES string of the molecule is CCC(N)C(C)OC(=O)/C=C/C(=O)O. The molecule has 0 saturated heterocycles. The second kappa shape index (κ2) is 6.15. The molecule has 0 bridgehead atoms. The van der Waals surface area contributed by atoms with E-state index in [1.54, 1.807) is 6.92 Å². The van der Waals surface area contributed by atoms with Gasteiger partial charge in [-0.1, -0.05) is 6.92 Å². The first-order chi connectivity index (χ1) is 6.47. The minimum Gasteiger partial charge on any atom is -0.478 e. The Morgan fingerprint density at radius 3 is 2.50 bits per heavy atom. The standard InChI is InChI=1S/C9H15NO4/c1-3-7(10)6(2)14-9(13)5-4-8(11)12/h4-7H,3,10H2,1-2H3,(H,11,12)/b5-4+. The minimum atomic E-state index is -1.19. The van der Waals surface area contributed by atoms with E-state index in [1.807, 2.05) is 6.92 Å². The third kappa shape index (κ3) is 5.31. The highest BCUT2D eigenvalue weighted by Gasteiger charge is 2.13. The molecule has 3 N–H and O–H groups in total. The van der Waals surface area contributed by atoms with Crippen molar-refractivity contribution in [1.29, 1.82) is 0 Å². The Bertz CT molecular complexity index is 237. The van der Waals surface area contributed by atoms with Gasteiger partial charge in [-0.3, -0.25) is 0 Å². The first-order valence-corrected chi connectivity index (χ1v) is 4.34. The topological polar surface area (TPSA) is 89.6 Å². The summed E-state index contributed by atoms with van der Waals surface area (Å²) < 4.78 is 4.84. The van der Waals surface area contributed by atoms with Crippen molar-refractivity contribution < 1.29 is 19.4 Å². The van der Waals surface area contributed by atoms with Crippen LogP contribution in [0.5, 0.6) is 0 Å².